The molecule has 0 spiro atoms. The van der Waals surface area contributed by atoms with Crippen molar-refractivity contribution in [1.29, 1.82) is 0 Å². The van der Waals surface area contributed by atoms with Crippen LogP contribution in [0.3, 0.4) is 0 Å². The summed E-state index contributed by atoms with van der Waals surface area (Å²) in [5, 5.41) is 11.6. The minimum atomic E-state index is -0.669. The first-order valence-corrected chi connectivity index (χ1v) is 8.31. The van der Waals surface area contributed by atoms with Gasteiger partial charge in [-0.3, -0.25) is 9.78 Å². The van der Waals surface area contributed by atoms with E-state index >= 15 is 0 Å². The fourth-order valence-corrected chi connectivity index (χ4v) is 2.97. The van der Waals surface area contributed by atoms with E-state index in [0.717, 1.165) is 6.07 Å². The van der Waals surface area contributed by atoms with Crippen LogP contribution in [0.2, 0.25) is 5.02 Å². The van der Waals surface area contributed by atoms with Crippen molar-refractivity contribution >= 4 is 17.5 Å². The summed E-state index contributed by atoms with van der Waals surface area (Å²) in [7, 11) is 1.54. The molecule has 0 saturated carbocycles. The first kappa shape index (κ1) is 18.8. The molecule has 3 aromatic rings. The zero-order valence-electron chi connectivity index (χ0n) is 14.4. The number of carbonyl (C=O) groups is 1. The number of benzene rings is 1. The Morgan fingerprint density at radius 1 is 1.30 bits per heavy atom. The lowest BCUT2D eigenvalue weighted by molar-refractivity contribution is -0.118. The van der Waals surface area contributed by atoms with Gasteiger partial charge in [0.1, 0.15) is 11.6 Å². The SMILES string of the molecule is C[C@H](CC(N)=O)c1ncc(-c2cc(Cl)cc(F)c2-c2nnn(C)n2)cc1F. The molecule has 0 saturated heterocycles. The fraction of sp³-hybridized carbons (Fsp3) is 0.235. The number of pyridine rings is 1. The first-order chi connectivity index (χ1) is 12.8. The van der Waals surface area contributed by atoms with Crippen LogP contribution in [0.25, 0.3) is 22.5 Å². The lowest BCUT2D eigenvalue weighted by Crippen LogP contribution is -2.15. The molecule has 0 radical (unpaired) electrons. The van der Waals surface area contributed by atoms with Crippen LogP contribution in [0, 0.1) is 11.6 Å². The van der Waals surface area contributed by atoms with Gasteiger partial charge >= 0.3 is 0 Å². The molecule has 0 bridgehead atoms. The van der Waals surface area contributed by atoms with Crippen LogP contribution in [0.15, 0.2) is 24.4 Å². The molecule has 7 nitrogen and oxygen atoms in total. The quantitative estimate of drug-likeness (QED) is 0.719. The highest BCUT2D eigenvalue weighted by Crippen LogP contribution is 2.35. The normalized spacial score (nSPS) is 12.2. The number of aryl methyl sites for hydroxylation is 1. The van der Waals surface area contributed by atoms with Crippen molar-refractivity contribution in [2.45, 2.75) is 19.3 Å². The molecule has 1 amide bonds. The highest BCUT2D eigenvalue weighted by molar-refractivity contribution is 6.31. The van der Waals surface area contributed by atoms with E-state index in [1.165, 1.54) is 23.1 Å². The molecule has 1 atom stereocenters. The molecule has 0 unspecified atom stereocenters. The van der Waals surface area contributed by atoms with E-state index in [2.05, 4.69) is 20.4 Å². The van der Waals surface area contributed by atoms with Gasteiger partial charge in [-0.05, 0) is 29.0 Å². The number of amides is 1. The Labute approximate surface area is 158 Å². The van der Waals surface area contributed by atoms with Gasteiger partial charge in [-0.25, -0.2) is 8.78 Å². The van der Waals surface area contributed by atoms with Gasteiger partial charge in [0.25, 0.3) is 0 Å². The van der Waals surface area contributed by atoms with Crippen molar-refractivity contribution < 1.29 is 13.6 Å². The topological polar surface area (TPSA) is 99.6 Å². The molecule has 0 aliphatic heterocycles. The average molecular weight is 393 g/mol. The van der Waals surface area contributed by atoms with E-state index < -0.39 is 23.5 Å². The number of tetrazole rings is 1. The van der Waals surface area contributed by atoms with Crippen molar-refractivity contribution in [1.82, 2.24) is 25.2 Å². The highest BCUT2D eigenvalue weighted by atomic mass is 35.5. The van der Waals surface area contributed by atoms with Gasteiger partial charge in [-0.1, -0.05) is 18.5 Å². The maximum atomic E-state index is 14.6. The molecule has 3 rings (SSSR count). The van der Waals surface area contributed by atoms with Crippen LogP contribution in [0.4, 0.5) is 8.78 Å². The third kappa shape index (κ3) is 3.92. The molecular weight excluding hydrogens is 378 g/mol. The smallest absolute Gasteiger partial charge is 0.218 e. The maximum Gasteiger partial charge on any atom is 0.218 e. The Kier molecular flexibility index (Phi) is 5.13. The molecule has 0 aliphatic carbocycles. The second-order valence-corrected chi connectivity index (χ2v) is 6.51. The van der Waals surface area contributed by atoms with Crippen molar-refractivity contribution in [3.63, 3.8) is 0 Å². The van der Waals surface area contributed by atoms with E-state index in [1.807, 2.05) is 0 Å². The lowest BCUT2D eigenvalue weighted by Gasteiger charge is -2.13. The van der Waals surface area contributed by atoms with E-state index in [0.29, 0.717) is 0 Å². The molecule has 2 N–H and O–H groups in total. The van der Waals surface area contributed by atoms with E-state index in [-0.39, 0.29) is 39.7 Å². The van der Waals surface area contributed by atoms with Crippen molar-refractivity contribution in [2.24, 2.45) is 12.8 Å². The van der Waals surface area contributed by atoms with Gasteiger partial charge in [0, 0.05) is 29.1 Å². The molecular formula is C17H15ClF2N6O. The van der Waals surface area contributed by atoms with Crippen LogP contribution in [0.1, 0.15) is 25.0 Å². The number of nitrogens with two attached hydrogens (primary N) is 1. The first-order valence-electron chi connectivity index (χ1n) is 7.93. The fourth-order valence-electron chi connectivity index (χ4n) is 2.77. The molecule has 27 heavy (non-hydrogen) atoms. The third-order valence-electron chi connectivity index (χ3n) is 3.94. The Morgan fingerprint density at radius 3 is 2.63 bits per heavy atom. The number of hydrogen-bond acceptors (Lipinski definition) is 5. The van der Waals surface area contributed by atoms with Crippen molar-refractivity contribution in [2.75, 3.05) is 0 Å². The van der Waals surface area contributed by atoms with Crippen molar-refractivity contribution in [3.05, 3.63) is 46.7 Å². The average Bonchev–Trinajstić information content (AvgIpc) is 2.99. The summed E-state index contributed by atoms with van der Waals surface area (Å²) in [6, 6.07) is 3.79. The second kappa shape index (κ2) is 7.36. The Morgan fingerprint density at radius 2 is 2.04 bits per heavy atom. The van der Waals surface area contributed by atoms with Gasteiger partial charge in [0.15, 0.2) is 0 Å². The second-order valence-electron chi connectivity index (χ2n) is 6.08. The number of aromatic nitrogens is 5. The molecule has 10 heteroatoms. The zero-order chi connectivity index (χ0) is 19.7. The number of carbonyl (C=O) groups excluding carboxylic acids is 1. The molecule has 0 aliphatic rings. The van der Waals surface area contributed by atoms with E-state index in [1.54, 1.807) is 14.0 Å². The monoisotopic (exact) mass is 392 g/mol. The molecule has 2 aromatic heterocycles. The number of primary amides is 1. The van der Waals surface area contributed by atoms with Gasteiger partial charge < -0.3 is 5.73 Å². The highest BCUT2D eigenvalue weighted by Gasteiger charge is 2.21. The van der Waals surface area contributed by atoms with E-state index in [9.17, 15) is 13.6 Å². The number of halogens is 3. The number of rotatable bonds is 5. The Bertz CT molecular complexity index is 1020. The number of nitrogens with zero attached hydrogens (tertiary/aromatic N) is 5. The van der Waals surface area contributed by atoms with Gasteiger partial charge in [0.2, 0.25) is 11.7 Å². The van der Waals surface area contributed by atoms with Crippen LogP contribution in [0.5, 0.6) is 0 Å². The largest absolute Gasteiger partial charge is 0.370 e. The summed E-state index contributed by atoms with van der Waals surface area (Å²) in [6.45, 7) is 1.64. The van der Waals surface area contributed by atoms with Gasteiger partial charge in [-0.15, -0.1) is 10.2 Å². The Balaban J connectivity index is 2.11. The van der Waals surface area contributed by atoms with Gasteiger partial charge in [0.05, 0.1) is 18.3 Å². The summed E-state index contributed by atoms with van der Waals surface area (Å²) in [6.07, 6.45) is 1.34. The predicted octanol–water partition coefficient (Wildman–Crippen LogP) is 2.85. The lowest BCUT2D eigenvalue weighted by atomic mass is 9.97. The maximum absolute atomic E-state index is 14.6. The van der Waals surface area contributed by atoms with E-state index in [4.69, 9.17) is 17.3 Å². The van der Waals surface area contributed by atoms with Crippen LogP contribution < -0.4 is 5.73 Å². The number of hydrogen-bond donors (Lipinski definition) is 1. The molecule has 140 valence electrons. The standard InChI is InChI=1S/C17H15ClF2N6O/c1-8(3-14(21)27)16-13(20)4-9(7-22-16)11-5-10(18)6-12(19)15(11)17-23-25-26(2)24-17/h4-8H,3H2,1-2H3,(H2,21,27)/t8-/m1/s1. The van der Waals surface area contributed by atoms with Crippen LogP contribution >= 0.6 is 11.6 Å². The predicted molar refractivity (Wildman–Crippen MR) is 94.6 cm³/mol. The molecule has 1 aromatic carbocycles. The Hall–Kier alpha value is -2.94. The minimum absolute atomic E-state index is 0.0339. The van der Waals surface area contributed by atoms with Crippen molar-refractivity contribution in [3.8, 4) is 22.5 Å². The van der Waals surface area contributed by atoms with Gasteiger partial charge in [-0.2, -0.15) is 4.80 Å². The van der Waals surface area contributed by atoms with Crippen LogP contribution in [-0.2, 0) is 11.8 Å². The summed E-state index contributed by atoms with van der Waals surface area (Å²) >= 11 is 5.98. The summed E-state index contributed by atoms with van der Waals surface area (Å²) in [5.41, 5.74) is 5.84. The summed E-state index contributed by atoms with van der Waals surface area (Å²) in [5.74, 6) is -2.32. The molecule has 2 heterocycles. The molecule has 0 fully saturated rings. The summed E-state index contributed by atoms with van der Waals surface area (Å²) < 4.78 is 29.2. The van der Waals surface area contributed by atoms with Crippen LogP contribution in [-0.4, -0.2) is 31.1 Å². The third-order valence-corrected chi connectivity index (χ3v) is 4.16. The summed E-state index contributed by atoms with van der Waals surface area (Å²) in [4.78, 5) is 16.3. The minimum Gasteiger partial charge on any atom is -0.370 e. The zero-order valence-corrected chi connectivity index (χ0v) is 15.2.